The second-order valence-corrected chi connectivity index (χ2v) is 8.51. The van der Waals surface area contributed by atoms with Crippen molar-refractivity contribution in [1.82, 2.24) is 19.3 Å². The number of carbonyl (C=O) groups excluding carboxylic acids is 2. The Morgan fingerprint density at radius 2 is 1.97 bits per heavy atom. The van der Waals surface area contributed by atoms with Gasteiger partial charge >= 0.3 is 0 Å². The first kappa shape index (κ1) is 24.5. The number of amides is 1. The highest BCUT2D eigenvalue weighted by atomic mass is 16.1. The second kappa shape index (κ2) is 11.2. The molecule has 1 atom stereocenters. The van der Waals surface area contributed by atoms with Gasteiger partial charge in [-0.05, 0) is 79.5 Å². The summed E-state index contributed by atoms with van der Waals surface area (Å²) in [5.41, 5.74) is 5.58. The van der Waals surface area contributed by atoms with Crippen LogP contribution in [0.4, 0.5) is 5.82 Å². The molecule has 1 aliphatic heterocycles. The summed E-state index contributed by atoms with van der Waals surface area (Å²) in [7, 11) is 2.16. The van der Waals surface area contributed by atoms with E-state index in [4.69, 9.17) is 10.1 Å². The van der Waals surface area contributed by atoms with E-state index >= 15 is 0 Å². The summed E-state index contributed by atoms with van der Waals surface area (Å²) in [6.45, 7) is 5.28. The van der Waals surface area contributed by atoms with Crippen LogP contribution in [0.3, 0.4) is 0 Å². The number of nitriles is 1. The van der Waals surface area contributed by atoms with Gasteiger partial charge in [0.15, 0.2) is 0 Å². The van der Waals surface area contributed by atoms with Gasteiger partial charge in [-0.1, -0.05) is 18.7 Å². The number of nitrogens with zero attached hydrogens (tertiary/aromatic N) is 5. The predicted octanol–water partition coefficient (Wildman–Crippen LogP) is 4.31. The first-order chi connectivity index (χ1) is 17.5. The monoisotopic (exact) mass is 478 g/mol. The van der Waals surface area contributed by atoms with Gasteiger partial charge in [0.1, 0.15) is 12.1 Å². The van der Waals surface area contributed by atoms with E-state index in [-0.39, 0.29) is 5.91 Å². The minimum absolute atomic E-state index is 0.268. The zero-order valence-corrected chi connectivity index (χ0v) is 20.0. The van der Waals surface area contributed by atoms with Crippen LogP contribution in [0.1, 0.15) is 33.8 Å². The topological polar surface area (TPSA) is 103 Å². The molecule has 4 aromatic rings. The SMILES string of the molecule is C=CC=O.CN1CCC(c2cc(-c3ccc(C(=O)Nc4cc(C#N)ccn4)cc3)n3cnccc23)C1. The molecule has 0 aliphatic carbocycles. The number of likely N-dealkylation sites (tertiary alicyclic amines) is 1. The summed E-state index contributed by atoms with van der Waals surface area (Å²) in [4.78, 5) is 32.5. The van der Waals surface area contributed by atoms with Crippen molar-refractivity contribution in [2.45, 2.75) is 12.3 Å². The van der Waals surface area contributed by atoms with Gasteiger partial charge in [-0.25, -0.2) is 9.97 Å². The molecule has 36 heavy (non-hydrogen) atoms. The zero-order valence-electron chi connectivity index (χ0n) is 20.0. The fourth-order valence-corrected chi connectivity index (χ4v) is 4.37. The van der Waals surface area contributed by atoms with Crippen LogP contribution >= 0.6 is 0 Å². The molecule has 0 bridgehead atoms. The van der Waals surface area contributed by atoms with Crippen LogP contribution in [-0.2, 0) is 4.79 Å². The molecule has 4 heterocycles. The minimum Gasteiger partial charge on any atom is -0.307 e. The Morgan fingerprint density at radius 3 is 2.64 bits per heavy atom. The third-order valence-electron chi connectivity index (χ3n) is 6.11. The lowest BCUT2D eigenvalue weighted by Gasteiger charge is -2.09. The summed E-state index contributed by atoms with van der Waals surface area (Å²) >= 11 is 0. The van der Waals surface area contributed by atoms with Crippen LogP contribution in [0.15, 0.2) is 79.9 Å². The van der Waals surface area contributed by atoms with E-state index in [1.165, 1.54) is 23.4 Å². The van der Waals surface area contributed by atoms with Gasteiger partial charge < -0.3 is 14.6 Å². The van der Waals surface area contributed by atoms with Gasteiger partial charge in [0.25, 0.3) is 5.91 Å². The summed E-state index contributed by atoms with van der Waals surface area (Å²) in [5, 5.41) is 11.8. The van der Waals surface area contributed by atoms with Gasteiger partial charge in [0.2, 0.25) is 0 Å². The van der Waals surface area contributed by atoms with Crippen molar-refractivity contribution in [2.75, 3.05) is 25.5 Å². The minimum atomic E-state index is -0.268. The quantitative estimate of drug-likeness (QED) is 0.339. The molecule has 5 rings (SSSR count). The molecular weight excluding hydrogens is 452 g/mol. The summed E-state index contributed by atoms with van der Waals surface area (Å²) in [6, 6.07) is 17.0. The van der Waals surface area contributed by atoms with Gasteiger partial charge in [-0.3, -0.25) is 9.59 Å². The number of nitrogens with one attached hydrogen (secondary N) is 1. The Balaban J connectivity index is 0.000000709. The Labute approximate surface area is 209 Å². The molecule has 0 radical (unpaired) electrons. The number of pyridine rings is 1. The highest BCUT2D eigenvalue weighted by Gasteiger charge is 2.25. The highest BCUT2D eigenvalue weighted by molar-refractivity contribution is 6.04. The molecule has 3 aromatic heterocycles. The maximum Gasteiger partial charge on any atom is 0.256 e. The van der Waals surface area contributed by atoms with Crippen molar-refractivity contribution in [3.05, 3.63) is 96.6 Å². The van der Waals surface area contributed by atoms with E-state index < -0.39 is 0 Å². The van der Waals surface area contributed by atoms with Crippen LogP contribution in [0, 0.1) is 11.3 Å². The van der Waals surface area contributed by atoms with Crippen molar-refractivity contribution >= 4 is 23.5 Å². The van der Waals surface area contributed by atoms with Gasteiger partial charge in [0, 0.05) is 24.5 Å². The van der Waals surface area contributed by atoms with Crippen LogP contribution < -0.4 is 5.32 Å². The summed E-state index contributed by atoms with van der Waals surface area (Å²) in [5.74, 6) is 0.594. The van der Waals surface area contributed by atoms with Gasteiger partial charge in [-0.2, -0.15) is 5.26 Å². The molecule has 8 heteroatoms. The summed E-state index contributed by atoms with van der Waals surface area (Å²) in [6.07, 6.45) is 8.17. The van der Waals surface area contributed by atoms with Crippen LogP contribution in [0.2, 0.25) is 0 Å². The Hall–Kier alpha value is -4.61. The molecule has 1 saturated heterocycles. The number of aldehydes is 1. The second-order valence-electron chi connectivity index (χ2n) is 8.51. The average molecular weight is 479 g/mol. The molecule has 180 valence electrons. The predicted molar refractivity (Wildman–Crippen MR) is 139 cm³/mol. The number of hydrogen-bond acceptors (Lipinski definition) is 6. The van der Waals surface area contributed by atoms with Crippen molar-refractivity contribution in [3.63, 3.8) is 0 Å². The number of fused-ring (bicyclic) bond motifs is 1. The Kier molecular flexibility index (Phi) is 7.63. The van der Waals surface area contributed by atoms with E-state index in [0.717, 1.165) is 30.8 Å². The molecule has 1 N–H and O–H groups in total. The van der Waals surface area contributed by atoms with E-state index in [2.05, 4.69) is 50.3 Å². The number of rotatable bonds is 5. The first-order valence-corrected chi connectivity index (χ1v) is 11.5. The van der Waals surface area contributed by atoms with Crippen molar-refractivity contribution in [3.8, 4) is 17.3 Å². The largest absolute Gasteiger partial charge is 0.307 e. The van der Waals surface area contributed by atoms with E-state index in [0.29, 0.717) is 29.1 Å². The van der Waals surface area contributed by atoms with Crippen molar-refractivity contribution in [2.24, 2.45) is 0 Å². The third-order valence-corrected chi connectivity index (χ3v) is 6.11. The smallest absolute Gasteiger partial charge is 0.256 e. The standard InChI is InChI=1S/C25H22N6O.C3H4O/c1-30-11-8-20(15-30)21-13-23(31-16-27-9-7-22(21)31)18-2-4-19(5-3-18)25(32)29-24-12-17(14-26)6-10-28-24;1-2-3-4/h2-7,9-10,12-13,16,20H,8,11,15H2,1H3,(H,28,29,32);2-3H,1H2. The number of aromatic nitrogens is 3. The molecule has 0 spiro atoms. The van der Waals surface area contributed by atoms with Crippen LogP contribution in [-0.4, -0.2) is 51.6 Å². The fraction of sp³-hybridized carbons (Fsp3) is 0.179. The van der Waals surface area contributed by atoms with Gasteiger partial charge in [-0.15, -0.1) is 0 Å². The molecule has 8 nitrogen and oxygen atoms in total. The average Bonchev–Trinajstić information content (AvgIpc) is 3.52. The number of anilines is 1. The number of allylic oxidation sites excluding steroid dienone is 1. The zero-order chi connectivity index (χ0) is 25.5. The van der Waals surface area contributed by atoms with Crippen LogP contribution in [0.5, 0.6) is 0 Å². The van der Waals surface area contributed by atoms with Crippen molar-refractivity contribution < 1.29 is 9.59 Å². The third kappa shape index (κ3) is 5.37. The number of hydrogen-bond donors (Lipinski definition) is 1. The molecule has 1 unspecified atom stereocenters. The molecule has 0 saturated carbocycles. The molecule has 1 fully saturated rings. The highest BCUT2D eigenvalue weighted by Crippen LogP contribution is 2.34. The normalized spacial score (nSPS) is 14.9. The summed E-state index contributed by atoms with van der Waals surface area (Å²) < 4.78 is 2.13. The molecule has 1 amide bonds. The Bertz CT molecular complexity index is 1430. The number of carbonyl (C=O) groups is 2. The number of benzene rings is 1. The first-order valence-electron chi connectivity index (χ1n) is 11.5. The van der Waals surface area contributed by atoms with E-state index in [1.54, 1.807) is 24.3 Å². The maximum atomic E-state index is 12.6. The maximum absolute atomic E-state index is 12.6. The number of likely N-dealkylation sites (N-methyl/N-ethyl adjacent to an activating group) is 1. The lowest BCUT2D eigenvalue weighted by molar-refractivity contribution is -0.104. The molecule has 1 aliphatic rings. The van der Waals surface area contributed by atoms with E-state index in [1.807, 2.05) is 30.7 Å². The fourth-order valence-electron chi connectivity index (χ4n) is 4.37. The molecule has 1 aromatic carbocycles. The van der Waals surface area contributed by atoms with E-state index in [9.17, 15) is 4.79 Å². The lowest BCUT2D eigenvalue weighted by atomic mass is 9.98. The lowest BCUT2D eigenvalue weighted by Crippen LogP contribution is -2.13. The van der Waals surface area contributed by atoms with Gasteiger partial charge in [0.05, 0.1) is 29.2 Å². The van der Waals surface area contributed by atoms with Crippen LogP contribution in [0.25, 0.3) is 16.8 Å². The molecular formula is C28H26N6O2. The van der Waals surface area contributed by atoms with Crippen molar-refractivity contribution in [1.29, 1.82) is 5.26 Å². The Morgan fingerprint density at radius 1 is 1.19 bits per heavy atom.